The fraction of sp³-hybridized carbons (Fsp3) is 0. The second-order valence-corrected chi connectivity index (χ2v) is 6.14. The van der Waals surface area contributed by atoms with Crippen LogP contribution in [-0.4, -0.2) is 20.4 Å². The lowest BCUT2D eigenvalue weighted by atomic mass is 10.1. The summed E-state index contributed by atoms with van der Waals surface area (Å²) < 4.78 is 1.39. The summed E-state index contributed by atoms with van der Waals surface area (Å²) in [6.07, 6.45) is 3.06. The summed E-state index contributed by atoms with van der Waals surface area (Å²) in [4.78, 5) is 33.8. The van der Waals surface area contributed by atoms with Crippen molar-refractivity contribution < 1.29 is 4.79 Å². The molecule has 0 fully saturated rings. The van der Waals surface area contributed by atoms with E-state index in [2.05, 4.69) is 15.3 Å². The van der Waals surface area contributed by atoms with E-state index in [1.165, 1.54) is 22.2 Å². The SMILES string of the molecule is O=C(Nc1nccs1)c1ccccc1-n1cnc2ccccc2c1=O. The highest BCUT2D eigenvalue weighted by Gasteiger charge is 2.15. The van der Waals surface area contributed by atoms with Crippen molar-refractivity contribution in [3.8, 4) is 5.69 Å². The number of carbonyl (C=O) groups excluding carboxylic acids is 1. The molecule has 0 atom stereocenters. The topological polar surface area (TPSA) is 76.9 Å². The number of carbonyl (C=O) groups is 1. The third-order valence-corrected chi connectivity index (χ3v) is 4.42. The van der Waals surface area contributed by atoms with Crippen LogP contribution in [0.15, 0.2) is 71.2 Å². The van der Waals surface area contributed by atoms with Gasteiger partial charge in [-0.3, -0.25) is 19.5 Å². The Labute approximate surface area is 146 Å². The Morgan fingerprint density at radius 1 is 1.04 bits per heavy atom. The van der Waals surface area contributed by atoms with Crippen LogP contribution in [0.3, 0.4) is 0 Å². The van der Waals surface area contributed by atoms with Crippen LogP contribution in [0.5, 0.6) is 0 Å². The predicted octanol–water partition coefficient (Wildman–Crippen LogP) is 3.09. The monoisotopic (exact) mass is 348 g/mol. The van der Waals surface area contributed by atoms with E-state index < -0.39 is 0 Å². The number of benzene rings is 2. The molecule has 2 aromatic heterocycles. The van der Waals surface area contributed by atoms with Crippen LogP contribution in [0.1, 0.15) is 10.4 Å². The van der Waals surface area contributed by atoms with Gasteiger partial charge in [-0.2, -0.15) is 0 Å². The van der Waals surface area contributed by atoms with Crippen LogP contribution >= 0.6 is 11.3 Å². The molecule has 0 spiro atoms. The van der Waals surface area contributed by atoms with E-state index in [4.69, 9.17) is 0 Å². The highest BCUT2D eigenvalue weighted by molar-refractivity contribution is 7.13. The first-order chi connectivity index (χ1) is 12.2. The Morgan fingerprint density at radius 3 is 2.68 bits per heavy atom. The maximum Gasteiger partial charge on any atom is 0.265 e. The summed E-state index contributed by atoms with van der Waals surface area (Å²) in [6, 6.07) is 14.0. The molecule has 2 aromatic carbocycles. The molecule has 1 N–H and O–H groups in total. The minimum atomic E-state index is -0.328. The highest BCUT2D eigenvalue weighted by Crippen LogP contribution is 2.17. The minimum Gasteiger partial charge on any atom is -0.298 e. The molecule has 0 radical (unpaired) electrons. The molecular formula is C18H12N4O2S. The number of amides is 1. The van der Waals surface area contributed by atoms with E-state index in [-0.39, 0.29) is 11.5 Å². The second-order valence-electron chi connectivity index (χ2n) is 5.25. The number of hydrogen-bond acceptors (Lipinski definition) is 5. The molecule has 2 heterocycles. The number of fused-ring (bicyclic) bond motifs is 1. The van der Waals surface area contributed by atoms with Gasteiger partial charge in [-0.05, 0) is 24.3 Å². The largest absolute Gasteiger partial charge is 0.298 e. The van der Waals surface area contributed by atoms with Crippen LogP contribution in [0.2, 0.25) is 0 Å². The lowest BCUT2D eigenvalue weighted by Crippen LogP contribution is -2.22. The molecule has 0 unspecified atom stereocenters. The maximum absolute atomic E-state index is 12.8. The predicted molar refractivity (Wildman–Crippen MR) is 97.4 cm³/mol. The van der Waals surface area contributed by atoms with Crippen molar-refractivity contribution in [1.82, 2.24) is 14.5 Å². The Morgan fingerprint density at radius 2 is 1.84 bits per heavy atom. The van der Waals surface area contributed by atoms with Crippen molar-refractivity contribution in [3.63, 3.8) is 0 Å². The summed E-state index contributed by atoms with van der Waals surface area (Å²) in [5, 5.41) is 5.52. The molecule has 0 saturated carbocycles. The second kappa shape index (κ2) is 6.29. The normalized spacial score (nSPS) is 10.7. The number of hydrogen-bond donors (Lipinski definition) is 1. The molecule has 0 bridgehead atoms. The zero-order chi connectivity index (χ0) is 17.2. The number of para-hydroxylation sites is 2. The van der Waals surface area contributed by atoms with E-state index in [0.717, 1.165) is 0 Å². The molecule has 0 aliphatic carbocycles. The van der Waals surface area contributed by atoms with Crippen LogP contribution in [0, 0.1) is 0 Å². The Kier molecular flexibility index (Phi) is 3.83. The molecular weight excluding hydrogens is 336 g/mol. The Hall–Kier alpha value is -3.32. The van der Waals surface area contributed by atoms with E-state index in [1.54, 1.807) is 54.0 Å². The summed E-state index contributed by atoms with van der Waals surface area (Å²) in [5.74, 6) is -0.328. The third kappa shape index (κ3) is 2.81. The Bertz CT molecular complexity index is 1120. The molecule has 4 aromatic rings. The molecule has 0 saturated heterocycles. The number of rotatable bonds is 3. The number of nitrogens with one attached hydrogen (secondary N) is 1. The van der Waals surface area contributed by atoms with Gasteiger partial charge in [0.15, 0.2) is 5.13 Å². The summed E-state index contributed by atoms with van der Waals surface area (Å²) in [5.41, 5.74) is 1.24. The quantitative estimate of drug-likeness (QED) is 0.617. The number of anilines is 1. The molecule has 122 valence electrons. The van der Waals surface area contributed by atoms with Crippen molar-refractivity contribution in [3.05, 3.63) is 82.4 Å². The van der Waals surface area contributed by atoms with Gasteiger partial charge < -0.3 is 0 Å². The maximum atomic E-state index is 12.8. The zero-order valence-electron chi connectivity index (χ0n) is 12.9. The smallest absolute Gasteiger partial charge is 0.265 e. The van der Waals surface area contributed by atoms with E-state index in [0.29, 0.717) is 27.3 Å². The van der Waals surface area contributed by atoms with E-state index >= 15 is 0 Å². The van der Waals surface area contributed by atoms with Gasteiger partial charge in [0, 0.05) is 11.6 Å². The van der Waals surface area contributed by atoms with Gasteiger partial charge >= 0.3 is 0 Å². The van der Waals surface area contributed by atoms with Gasteiger partial charge in [0.25, 0.3) is 11.5 Å². The number of nitrogens with zero attached hydrogens (tertiary/aromatic N) is 3. The van der Waals surface area contributed by atoms with Gasteiger partial charge in [-0.25, -0.2) is 9.97 Å². The van der Waals surface area contributed by atoms with Crippen LogP contribution in [-0.2, 0) is 0 Å². The summed E-state index contributed by atoms with van der Waals surface area (Å²) in [6.45, 7) is 0. The lowest BCUT2D eigenvalue weighted by Gasteiger charge is -2.11. The fourth-order valence-electron chi connectivity index (χ4n) is 2.57. The standard InChI is InChI=1S/C18H12N4O2S/c23-16(21-18-19-9-10-25-18)13-6-2-4-8-15(13)22-11-20-14-7-3-1-5-12(14)17(22)24/h1-11H,(H,19,21,23). The molecule has 4 rings (SSSR count). The molecule has 25 heavy (non-hydrogen) atoms. The fourth-order valence-corrected chi connectivity index (χ4v) is 3.09. The lowest BCUT2D eigenvalue weighted by molar-refractivity contribution is 0.102. The van der Waals surface area contributed by atoms with Crippen LogP contribution in [0.4, 0.5) is 5.13 Å². The van der Waals surface area contributed by atoms with Crippen LogP contribution < -0.4 is 10.9 Å². The number of thiazole rings is 1. The van der Waals surface area contributed by atoms with E-state index in [1.807, 2.05) is 6.07 Å². The molecule has 0 aliphatic heterocycles. The summed E-state index contributed by atoms with van der Waals surface area (Å²) in [7, 11) is 0. The van der Waals surface area contributed by atoms with Gasteiger partial charge in [-0.15, -0.1) is 11.3 Å². The molecule has 1 amide bonds. The highest BCUT2D eigenvalue weighted by atomic mass is 32.1. The van der Waals surface area contributed by atoms with Crippen molar-refractivity contribution in [2.75, 3.05) is 5.32 Å². The van der Waals surface area contributed by atoms with Crippen molar-refractivity contribution in [1.29, 1.82) is 0 Å². The first-order valence-corrected chi connectivity index (χ1v) is 8.38. The molecule has 7 heteroatoms. The van der Waals surface area contributed by atoms with Crippen molar-refractivity contribution in [2.45, 2.75) is 0 Å². The third-order valence-electron chi connectivity index (χ3n) is 3.73. The molecule has 0 aliphatic rings. The molecule has 6 nitrogen and oxygen atoms in total. The van der Waals surface area contributed by atoms with Crippen LogP contribution in [0.25, 0.3) is 16.6 Å². The first-order valence-electron chi connectivity index (χ1n) is 7.51. The first kappa shape index (κ1) is 15.2. The van der Waals surface area contributed by atoms with Crippen molar-refractivity contribution >= 4 is 33.3 Å². The Balaban J connectivity index is 1.83. The van der Waals surface area contributed by atoms with Crippen molar-refractivity contribution in [2.24, 2.45) is 0 Å². The van der Waals surface area contributed by atoms with Gasteiger partial charge in [0.05, 0.1) is 22.2 Å². The van der Waals surface area contributed by atoms with Gasteiger partial charge in [0.2, 0.25) is 0 Å². The number of aromatic nitrogens is 3. The van der Waals surface area contributed by atoms with Gasteiger partial charge in [0.1, 0.15) is 6.33 Å². The summed E-state index contributed by atoms with van der Waals surface area (Å²) >= 11 is 1.33. The zero-order valence-corrected chi connectivity index (χ0v) is 13.7. The average Bonchev–Trinajstić information content (AvgIpc) is 3.15. The average molecular weight is 348 g/mol. The van der Waals surface area contributed by atoms with E-state index in [9.17, 15) is 9.59 Å². The minimum absolute atomic E-state index is 0.222. The van der Waals surface area contributed by atoms with Gasteiger partial charge in [-0.1, -0.05) is 24.3 Å².